The summed E-state index contributed by atoms with van der Waals surface area (Å²) in [6, 6.07) is 6.43. The highest BCUT2D eigenvalue weighted by atomic mass is 19.1. The highest BCUT2D eigenvalue weighted by molar-refractivity contribution is 5.83. The highest BCUT2D eigenvalue weighted by Crippen LogP contribution is 2.30. The molecule has 0 bridgehead atoms. The quantitative estimate of drug-likeness (QED) is 0.295. The van der Waals surface area contributed by atoms with Crippen LogP contribution in [-0.2, 0) is 28.6 Å². The van der Waals surface area contributed by atoms with Gasteiger partial charge in [0.2, 0.25) is 0 Å². The minimum atomic E-state index is -0.710. The zero-order valence-electron chi connectivity index (χ0n) is 24.1. The van der Waals surface area contributed by atoms with Gasteiger partial charge in [-0.15, -0.1) is 5.53 Å². The highest BCUT2D eigenvalue weighted by Gasteiger charge is 2.22. The summed E-state index contributed by atoms with van der Waals surface area (Å²) in [5.41, 5.74) is 6.87. The Balaban J connectivity index is 1.69. The van der Waals surface area contributed by atoms with Crippen molar-refractivity contribution >= 4 is 22.4 Å². The van der Waals surface area contributed by atoms with E-state index in [1.54, 1.807) is 49.7 Å². The molecule has 0 radical (unpaired) electrons. The molecular weight excluding hydrogens is 543 g/mol. The van der Waals surface area contributed by atoms with Gasteiger partial charge in [-0.05, 0) is 40.8 Å². The minimum Gasteiger partial charge on any atom is -0.461 e. The number of carbonyl (C=O) groups is 1. The first-order valence-corrected chi connectivity index (χ1v) is 13.1. The number of anilines is 1. The molecule has 12 nitrogen and oxygen atoms in total. The van der Waals surface area contributed by atoms with Crippen molar-refractivity contribution in [3.8, 4) is 16.9 Å². The maximum absolute atomic E-state index is 15.4. The van der Waals surface area contributed by atoms with E-state index >= 15 is 4.39 Å². The zero-order chi connectivity index (χ0) is 30.3. The van der Waals surface area contributed by atoms with Crippen molar-refractivity contribution < 1.29 is 13.9 Å². The predicted molar refractivity (Wildman–Crippen MR) is 156 cm³/mol. The van der Waals surface area contributed by atoms with Crippen LogP contribution in [0.25, 0.3) is 27.7 Å². The summed E-state index contributed by atoms with van der Waals surface area (Å²) in [7, 11) is 3.39. The average Bonchev–Trinajstić information content (AvgIpc) is 3.33. The van der Waals surface area contributed by atoms with Gasteiger partial charge in [0.05, 0.1) is 17.8 Å². The Morgan fingerprint density at radius 1 is 1.14 bits per heavy atom. The number of nitrogens with zero attached hydrogens (tertiary/aromatic N) is 5. The smallest absolute Gasteiger partial charge is 0.302 e. The fourth-order valence-electron chi connectivity index (χ4n) is 4.63. The fraction of sp³-hybridized carbons (Fsp3) is 0.276. The molecule has 218 valence electrons. The summed E-state index contributed by atoms with van der Waals surface area (Å²) in [6.07, 6.45) is 6.23. The van der Waals surface area contributed by atoms with Gasteiger partial charge >= 0.3 is 5.97 Å². The lowest BCUT2D eigenvalue weighted by molar-refractivity contribution is -0.142. The van der Waals surface area contributed by atoms with Crippen LogP contribution in [0.5, 0.6) is 0 Å². The SMILES string of the molecule is CC(=O)OCc1c(-c2cc(NC3=CN(C)NN3)c(=O)n(C)c2)ccnc1-n1ncc2cc(C(C)(C)C)cc(F)c2c1=O. The van der Waals surface area contributed by atoms with Gasteiger partial charge in [0.1, 0.15) is 23.9 Å². The molecule has 0 saturated heterocycles. The van der Waals surface area contributed by atoms with Gasteiger partial charge in [-0.1, -0.05) is 20.8 Å². The molecule has 42 heavy (non-hydrogen) atoms. The number of hydrazine groups is 2. The molecule has 3 aromatic heterocycles. The van der Waals surface area contributed by atoms with Crippen LogP contribution in [0, 0.1) is 5.82 Å². The Bertz CT molecular complexity index is 1870. The fourth-order valence-corrected chi connectivity index (χ4v) is 4.63. The number of benzene rings is 1. The molecular formula is C29H31FN8O4. The Morgan fingerprint density at radius 3 is 2.57 bits per heavy atom. The summed E-state index contributed by atoms with van der Waals surface area (Å²) < 4.78 is 23.1. The van der Waals surface area contributed by atoms with Crippen LogP contribution < -0.4 is 27.4 Å². The van der Waals surface area contributed by atoms with Crippen molar-refractivity contribution in [2.45, 2.75) is 39.7 Å². The monoisotopic (exact) mass is 574 g/mol. The molecule has 4 heterocycles. The topological polar surface area (TPSA) is 135 Å². The molecule has 0 fully saturated rings. The Morgan fingerprint density at radius 2 is 1.90 bits per heavy atom. The number of pyridine rings is 2. The Labute approximate surface area is 240 Å². The van der Waals surface area contributed by atoms with Gasteiger partial charge in [0.15, 0.2) is 5.82 Å². The van der Waals surface area contributed by atoms with E-state index in [9.17, 15) is 14.4 Å². The van der Waals surface area contributed by atoms with Crippen molar-refractivity contribution in [3.63, 3.8) is 0 Å². The molecule has 5 rings (SSSR count). The number of hydrogen-bond donors (Lipinski definition) is 3. The normalized spacial score (nSPS) is 13.2. The standard InChI is InChI=1S/C29H31FN8O4/c1-16(39)42-15-21-20(18-10-23(27(40)36(5)13-18)33-24-14-37(6)35-34-24)7-8-31-26(21)38-28(41)25-17(12-32-38)9-19(11-22(25)30)29(2,3)4/h7-14,33-35H,15H2,1-6H3. The first-order valence-electron chi connectivity index (χ1n) is 13.1. The number of nitrogens with one attached hydrogen (secondary N) is 3. The number of ether oxygens (including phenoxy) is 1. The number of aromatic nitrogens is 4. The van der Waals surface area contributed by atoms with Gasteiger partial charge in [0.25, 0.3) is 11.1 Å². The molecule has 1 aromatic carbocycles. The van der Waals surface area contributed by atoms with Crippen LogP contribution in [0.2, 0.25) is 0 Å². The number of esters is 1. The van der Waals surface area contributed by atoms with Gasteiger partial charge in [-0.2, -0.15) is 9.78 Å². The third-order valence-corrected chi connectivity index (χ3v) is 6.81. The molecule has 13 heteroatoms. The largest absolute Gasteiger partial charge is 0.461 e. The lowest BCUT2D eigenvalue weighted by Gasteiger charge is -2.20. The third-order valence-electron chi connectivity index (χ3n) is 6.81. The van der Waals surface area contributed by atoms with E-state index in [-0.39, 0.29) is 34.5 Å². The molecule has 1 aliphatic heterocycles. The lowest BCUT2D eigenvalue weighted by Crippen LogP contribution is -2.35. The van der Waals surface area contributed by atoms with E-state index in [4.69, 9.17) is 4.74 Å². The Kier molecular flexibility index (Phi) is 7.29. The van der Waals surface area contributed by atoms with Crippen LogP contribution in [0.4, 0.5) is 10.1 Å². The van der Waals surface area contributed by atoms with Crippen molar-refractivity contribution in [2.24, 2.45) is 7.05 Å². The second kappa shape index (κ2) is 10.7. The maximum Gasteiger partial charge on any atom is 0.302 e. The van der Waals surface area contributed by atoms with Crippen molar-refractivity contribution in [2.75, 3.05) is 12.4 Å². The zero-order valence-corrected chi connectivity index (χ0v) is 24.1. The van der Waals surface area contributed by atoms with Crippen molar-refractivity contribution in [3.05, 3.63) is 92.5 Å². The number of hydrogen-bond acceptors (Lipinski definition) is 10. The van der Waals surface area contributed by atoms with Crippen molar-refractivity contribution in [1.82, 2.24) is 35.3 Å². The number of aryl methyl sites for hydroxylation is 1. The van der Waals surface area contributed by atoms with Crippen LogP contribution >= 0.6 is 0 Å². The number of halogens is 1. The lowest BCUT2D eigenvalue weighted by atomic mass is 9.86. The second-order valence-corrected chi connectivity index (χ2v) is 11.0. The number of fused-ring (bicyclic) bond motifs is 1. The molecule has 4 aromatic rings. The Hall–Kier alpha value is -5.04. The van der Waals surface area contributed by atoms with Crippen LogP contribution in [-0.4, -0.2) is 37.4 Å². The molecule has 3 N–H and O–H groups in total. The summed E-state index contributed by atoms with van der Waals surface area (Å²) in [5, 5.41) is 9.29. The summed E-state index contributed by atoms with van der Waals surface area (Å²) in [5.74, 6) is -0.603. The van der Waals surface area contributed by atoms with Crippen LogP contribution in [0.15, 0.2) is 64.5 Å². The molecule has 0 spiro atoms. The first-order chi connectivity index (χ1) is 19.8. The van der Waals surface area contributed by atoms with E-state index in [2.05, 4.69) is 26.4 Å². The van der Waals surface area contributed by atoms with Gasteiger partial charge < -0.3 is 14.6 Å². The van der Waals surface area contributed by atoms with Gasteiger partial charge in [-0.3, -0.25) is 24.8 Å². The van der Waals surface area contributed by atoms with Gasteiger partial charge in [0, 0.05) is 49.9 Å². The van der Waals surface area contributed by atoms with E-state index in [1.807, 2.05) is 20.8 Å². The van der Waals surface area contributed by atoms with Crippen molar-refractivity contribution in [1.29, 1.82) is 0 Å². The average molecular weight is 575 g/mol. The van der Waals surface area contributed by atoms with E-state index in [0.717, 1.165) is 10.2 Å². The molecule has 0 unspecified atom stereocenters. The minimum absolute atomic E-state index is 0.0642. The summed E-state index contributed by atoms with van der Waals surface area (Å²) >= 11 is 0. The molecule has 0 atom stereocenters. The molecule has 0 saturated carbocycles. The van der Waals surface area contributed by atoms with Gasteiger partial charge in [-0.25, -0.2) is 9.37 Å². The third kappa shape index (κ3) is 5.46. The first kappa shape index (κ1) is 28.5. The summed E-state index contributed by atoms with van der Waals surface area (Å²) in [6.45, 7) is 6.87. The number of rotatable bonds is 6. The van der Waals surface area contributed by atoms with E-state index in [1.165, 1.54) is 30.0 Å². The number of carbonyl (C=O) groups excluding carboxylic acids is 1. The van der Waals surface area contributed by atoms with E-state index in [0.29, 0.717) is 27.9 Å². The molecule has 0 amide bonds. The maximum atomic E-state index is 15.4. The van der Waals surface area contributed by atoms with E-state index < -0.39 is 17.3 Å². The molecule has 0 aliphatic carbocycles. The van der Waals surface area contributed by atoms with Crippen LogP contribution in [0.3, 0.4) is 0 Å². The molecule has 1 aliphatic rings. The summed E-state index contributed by atoms with van der Waals surface area (Å²) in [4.78, 5) is 42.8. The van der Waals surface area contributed by atoms with Crippen LogP contribution in [0.1, 0.15) is 38.8 Å². The second-order valence-electron chi connectivity index (χ2n) is 11.0. The predicted octanol–water partition coefficient (Wildman–Crippen LogP) is 2.81.